The Bertz CT molecular complexity index is 1140. The molecule has 4 rings (SSSR count). The Morgan fingerprint density at radius 3 is 2.42 bits per heavy atom. The van der Waals surface area contributed by atoms with Crippen LogP contribution in [0.2, 0.25) is 0 Å². The van der Waals surface area contributed by atoms with E-state index < -0.39 is 0 Å². The molecule has 8 heteroatoms. The Kier molecular flexibility index (Phi) is 6.71. The second-order valence-corrected chi connectivity index (χ2v) is 7.98. The Labute approximate surface area is 185 Å². The van der Waals surface area contributed by atoms with Crippen molar-refractivity contribution in [2.45, 2.75) is 13.5 Å². The van der Waals surface area contributed by atoms with E-state index >= 15 is 0 Å². The maximum atomic E-state index is 9.44. The molecule has 0 aliphatic heterocycles. The molecule has 160 valence electrons. The summed E-state index contributed by atoms with van der Waals surface area (Å²) >= 11 is 1.56. The topological polar surface area (TPSA) is 94.4 Å². The lowest BCUT2D eigenvalue weighted by atomic mass is 10.1. The number of nitrogens with one attached hydrogen (secondary N) is 1. The van der Waals surface area contributed by atoms with E-state index in [2.05, 4.69) is 27.8 Å². The summed E-state index contributed by atoms with van der Waals surface area (Å²) in [5, 5.41) is 25.4. The molecular formula is C23H25N5O2S. The maximum absolute atomic E-state index is 9.44. The number of aliphatic hydroxyl groups excluding tert-OH is 2. The van der Waals surface area contributed by atoms with E-state index in [1.54, 1.807) is 16.2 Å². The zero-order chi connectivity index (χ0) is 21.6. The number of rotatable bonds is 9. The van der Waals surface area contributed by atoms with E-state index in [0.717, 1.165) is 32.7 Å². The second kappa shape index (κ2) is 9.82. The van der Waals surface area contributed by atoms with Gasteiger partial charge in [0.15, 0.2) is 0 Å². The molecule has 0 radical (unpaired) electrons. The number of anilines is 2. The van der Waals surface area contributed by atoms with Crippen molar-refractivity contribution in [3.63, 3.8) is 0 Å². The molecule has 0 aliphatic rings. The number of thiophene rings is 1. The van der Waals surface area contributed by atoms with Crippen molar-refractivity contribution < 1.29 is 10.2 Å². The SMILES string of the molecule is Cc1cccc(CNc2nc(N(CCO)CCO)nc3scc(-c4ccccc4)c23)n1. The van der Waals surface area contributed by atoms with Gasteiger partial charge in [0.1, 0.15) is 10.6 Å². The van der Waals surface area contributed by atoms with Crippen molar-refractivity contribution in [2.24, 2.45) is 0 Å². The fourth-order valence-electron chi connectivity index (χ4n) is 3.46. The van der Waals surface area contributed by atoms with Crippen molar-refractivity contribution in [3.8, 4) is 11.1 Å². The fourth-order valence-corrected chi connectivity index (χ4v) is 4.40. The van der Waals surface area contributed by atoms with Crippen LogP contribution in [0.5, 0.6) is 0 Å². The highest BCUT2D eigenvalue weighted by Gasteiger charge is 2.18. The van der Waals surface area contributed by atoms with Gasteiger partial charge in [-0.1, -0.05) is 36.4 Å². The van der Waals surface area contributed by atoms with Gasteiger partial charge in [0.05, 0.1) is 30.8 Å². The lowest BCUT2D eigenvalue weighted by Gasteiger charge is -2.21. The number of benzene rings is 1. The van der Waals surface area contributed by atoms with Gasteiger partial charge in [-0.25, -0.2) is 4.98 Å². The van der Waals surface area contributed by atoms with Gasteiger partial charge in [0.25, 0.3) is 0 Å². The average molecular weight is 436 g/mol. The smallest absolute Gasteiger partial charge is 0.228 e. The summed E-state index contributed by atoms with van der Waals surface area (Å²) in [6.07, 6.45) is 0. The molecule has 1 aromatic carbocycles. The molecule has 31 heavy (non-hydrogen) atoms. The molecule has 3 aromatic heterocycles. The Balaban J connectivity index is 1.79. The Hall–Kier alpha value is -3.07. The highest BCUT2D eigenvalue weighted by Crippen LogP contribution is 2.38. The first-order valence-electron chi connectivity index (χ1n) is 10.2. The van der Waals surface area contributed by atoms with Crippen LogP contribution < -0.4 is 10.2 Å². The average Bonchev–Trinajstić information content (AvgIpc) is 3.22. The molecule has 0 amide bonds. The second-order valence-electron chi connectivity index (χ2n) is 7.13. The van der Waals surface area contributed by atoms with Crippen LogP contribution in [0.25, 0.3) is 21.3 Å². The third-order valence-corrected chi connectivity index (χ3v) is 5.78. The number of pyridine rings is 1. The third-order valence-electron chi connectivity index (χ3n) is 4.91. The number of aliphatic hydroxyl groups is 2. The molecule has 0 saturated heterocycles. The van der Waals surface area contributed by atoms with E-state index in [1.807, 2.05) is 43.3 Å². The molecule has 0 saturated carbocycles. The largest absolute Gasteiger partial charge is 0.395 e. The highest BCUT2D eigenvalue weighted by atomic mass is 32.1. The summed E-state index contributed by atoms with van der Waals surface area (Å²) in [6, 6.07) is 16.1. The quantitative estimate of drug-likeness (QED) is 0.371. The number of nitrogens with zero attached hydrogens (tertiary/aromatic N) is 4. The predicted octanol–water partition coefficient (Wildman–Crippen LogP) is 3.46. The zero-order valence-corrected chi connectivity index (χ0v) is 18.1. The van der Waals surface area contributed by atoms with Crippen molar-refractivity contribution >= 4 is 33.3 Å². The van der Waals surface area contributed by atoms with Crippen molar-refractivity contribution in [1.82, 2.24) is 15.0 Å². The highest BCUT2D eigenvalue weighted by molar-refractivity contribution is 7.17. The van der Waals surface area contributed by atoms with Crippen LogP contribution in [0.15, 0.2) is 53.9 Å². The first-order valence-corrected chi connectivity index (χ1v) is 11.1. The van der Waals surface area contributed by atoms with Crippen LogP contribution >= 0.6 is 11.3 Å². The fraction of sp³-hybridized carbons (Fsp3) is 0.261. The minimum atomic E-state index is -0.0446. The van der Waals surface area contributed by atoms with Gasteiger partial charge < -0.3 is 20.4 Å². The van der Waals surface area contributed by atoms with E-state index in [1.165, 1.54) is 0 Å². The normalized spacial score (nSPS) is 11.1. The maximum Gasteiger partial charge on any atom is 0.228 e. The summed E-state index contributed by atoms with van der Waals surface area (Å²) in [5.74, 6) is 1.20. The van der Waals surface area contributed by atoms with Gasteiger partial charge in [-0.2, -0.15) is 4.98 Å². The first kappa shape index (κ1) is 21.2. The van der Waals surface area contributed by atoms with E-state index in [9.17, 15) is 10.2 Å². The van der Waals surface area contributed by atoms with Crippen LogP contribution in [0.1, 0.15) is 11.4 Å². The van der Waals surface area contributed by atoms with Gasteiger partial charge in [-0.3, -0.25) is 4.98 Å². The van der Waals surface area contributed by atoms with Crippen LogP contribution in [0.3, 0.4) is 0 Å². The van der Waals surface area contributed by atoms with Crippen LogP contribution in [0.4, 0.5) is 11.8 Å². The summed E-state index contributed by atoms with van der Waals surface area (Å²) in [7, 11) is 0. The molecule has 3 heterocycles. The van der Waals surface area contributed by atoms with E-state index in [0.29, 0.717) is 31.4 Å². The molecule has 7 nitrogen and oxygen atoms in total. The van der Waals surface area contributed by atoms with Gasteiger partial charge in [-0.15, -0.1) is 11.3 Å². The van der Waals surface area contributed by atoms with Crippen LogP contribution in [-0.2, 0) is 6.54 Å². The number of hydrogen-bond acceptors (Lipinski definition) is 8. The molecule has 0 unspecified atom stereocenters. The molecular weight excluding hydrogens is 410 g/mol. The van der Waals surface area contributed by atoms with Crippen LogP contribution in [-0.4, -0.2) is 51.5 Å². The molecule has 0 atom stereocenters. The number of fused-ring (bicyclic) bond motifs is 1. The molecule has 0 fully saturated rings. The lowest BCUT2D eigenvalue weighted by Crippen LogP contribution is -2.31. The summed E-state index contributed by atoms with van der Waals surface area (Å²) in [4.78, 5) is 16.8. The monoisotopic (exact) mass is 435 g/mol. The third kappa shape index (κ3) is 4.82. The first-order chi connectivity index (χ1) is 15.2. The van der Waals surface area contributed by atoms with E-state index in [4.69, 9.17) is 9.97 Å². The number of aryl methyl sites for hydroxylation is 1. The van der Waals surface area contributed by atoms with Gasteiger partial charge in [0, 0.05) is 29.7 Å². The molecule has 3 N–H and O–H groups in total. The van der Waals surface area contributed by atoms with Gasteiger partial charge in [-0.05, 0) is 24.6 Å². The van der Waals surface area contributed by atoms with Gasteiger partial charge >= 0.3 is 0 Å². The lowest BCUT2D eigenvalue weighted by molar-refractivity contribution is 0.280. The van der Waals surface area contributed by atoms with Crippen LogP contribution in [0, 0.1) is 6.92 Å². The van der Waals surface area contributed by atoms with Crippen molar-refractivity contribution in [1.29, 1.82) is 0 Å². The minimum absolute atomic E-state index is 0.0446. The Morgan fingerprint density at radius 2 is 1.71 bits per heavy atom. The van der Waals surface area contributed by atoms with E-state index in [-0.39, 0.29) is 13.2 Å². The standard InChI is InChI=1S/C23H25N5O2S/c1-16-6-5-9-18(25-16)14-24-21-20-19(17-7-3-2-4-8-17)15-31-22(20)27-23(26-21)28(10-12-29)11-13-30/h2-9,15,29-30H,10-14H2,1H3,(H,24,26,27). The summed E-state index contributed by atoms with van der Waals surface area (Å²) < 4.78 is 0. The molecule has 4 aromatic rings. The molecule has 0 aliphatic carbocycles. The predicted molar refractivity (Wildman–Crippen MR) is 126 cm³/mol. The molecule has 0 bridgehead atoms. The Morgan fingerprint density at radius 1 is 0.935 bits per heavy atom. The van der Waals surface area contributed by atoms with Crippen molar-refractivity contribution in [3.05, 3.63) is 65.3 Å². The number of hydrogen-bond donors (Lipinski definition) is 3. The van der Waals surface area contributed by atoms with Crippen molar-refractivity contribution in [2.75, 3.05) is 36.5 Å². The zero-order valence-electron chi connectivity index (χ0n) is 17.3. The molecule has 0 spiro atoms. The summed E-state index contributed by atoms with van der Waals surface area (Å²) in [5.41, 5.74) is 4.06. The van der Waals surface area contributed by atoms with Gasteiger partial charge in [0.2, 0.25) is 5.95 Å². The number of aromatic nitrogens is 3. The minimum Gasteiger partial charge on any atom is -0.395 e. The summed E-state index contributed by atoms with van der Waals surface area (Å²) in [6.45, 7) is 3.10.